The van der Waals surface area contributed by atoms with Crippen molar-refractivity contribution in [1.82, 2.24) is 0 Å². The largest absolute Gasteiger partial charge is 0.493 e. The van der Waals surface area contributed by atoms with Crippen LogP contribution in [0.15, 0.2) is 36.4 Å². The highest BCUT2D eigenvalue weighted by Gasteiger charge is 2.34. The predicted molar refractivity (Wildman–Crippen MR) is 176 cm³/mol. The number of unbranched alkanes of at least 4 members (excludes halogenated alkanes) is 10. The number of rotatable bonds is 22. The third-order valence-electron chi connectivity index (χ3n) is 8.22. The van der Waals surface area contributed by atoms with Crippen LogP contribution in [-0.4, -0.2) is 51.6 Å². The minimum absolute atomic E-state index is 0.358. The number of benzene rings is 2. The average molecular weight is 627 g/mol. The summed E-state index contributed by atoms with van der Waals surface area (Å²) in [6.07, 6.45) is 15.1. The molecule has 0 spiro atoms. The van der Waals surface area contributed by atoms with E-state index in [-0.39, 0.29) is 0 Å². The van der Waals surface area contributed by atoms with Crippen molar-refractivity contribution in [2.24, 2.45) is 0 Å². The van der Waals surface area contributed by atoms with Gasteiger partial charge < -0.3 is 28.4 Å². The summed E-state index contributed by atoms with van der Waals surface area (Å²) in [7, 11) is 3.11. The van der Waals surface area contributed by atoms with E-state index < -0.39 is 24.1 Å². The molecule has 0 aromatic heterocycles. The van der Waals surface area contributed by atoms with Crippen LogP contribution in [0, 0.1) is 0 Å². The van der Waals surface area contributed by atoms with E-state index in [1.54, 1.807) is 50.6 Å². The Morgan fingerprint density at radius 1 is 0.578 bits per heavy atom. The molecule has 0 bridgehead atoms. The molecule has 1 fully saturated rings. The summed E-state index contributed by atoms with van der Waals surface area (Å²) in [6, 6.07) is 10.1. The Labute approximate surface area is 270 Å². The van der Waals surface area contributed by atoms with Gasteiger partial charge in [0.25, 0.3) is 0 Å². The second kappa shape index (κ2) is 20.6. The van der Waals surface area contributed by atoms with Crippen LogP contribution in [0.1, 0.15) is 131 Å². The van der Waals surface area contributed by atoms with Crippen LogP contribution in [0.3, 0.4) is 0 Å². The molecule has 1 saturated carbocycles. The molecule has 0 heterocycles. The topological polar surface area (TPSA) is 89.5 Å². The first-order valence-corrected chi connectivity index (χ1v) is 17.0. The van der Waals surface area contributed by atoms with Gasteiger partial charge in [-0.05, 0) is 68.5 Å². The first kappa shape index (κ1) is 36.1. The minimum Gasteiger partial charge on any atom is -0.493 e. The summed E-state index contributed by atoms with van der Waals surface area (Å²) >= 11 is 0. The summed E-state index contributed by atoms with van der Waals surface area (Å²) in [5.74, 6) is 1.19. The zero-order chi connectivity index (χ0) is 32.3. The van der Waals surface area contributed by atoms with Gasteiger partial charge in [-0.3, -0.25) is 0 Å². The number of ether oxygens (including phenoxy) is 6. The standard InChI is InChI=1S/C37H54O8/c1-5-7-9-11-13-15-24-42-30-22-20-28(26-34(30)40-3)36(38)44-32-18-17-19-33(32)45-37(39)29-21-23-31(35(27-29)41-4)43-25-16-14-12-10-8-6-2/h20-23,26-27,32-33H,5-19,24-25H2,1-4H3. The fraction of sp³-hybridized carbons (Fsp3) is 0.622. The van der Waals surface area contributed by atoms with Crippen molar-refractivity contribution < 1.29 is 38.0 Å². The summed E-state index contributed by atoms with van der Waals surface area (Å²) < 4.78 is 34.5. The van der Waals surface area contributed by atoms with Crippen LogP contribution in [0.5, 0.6) is 23.0 Å². The Morgan fingerprint density at radius 3 is 1.38 bits per heavy atom. The third kappa shape index (κ3) is 12.1. The summed E-state index contributed by atoms with van der Waals surface area (Å²) in [5, 5.41) is 0. The Kier molecular flexibility index (Phi) is 16.5. The molecule has 8 nitrogen and oxygen atoms in total. The number of hydrogen-bond acceptors (Lipinski definition) is 8. The second-order valence-electron chi connectivity index (χ2n) is 11.8. The molecule has 2 atom stereocenters. The quantitative estimate of drug-likeness (QED) is 0.0944. The van der Waals surface area contributed by atoms with Crippen LogP contribution < -0.4 is 18.9 Å². The highest BCUT2D eigenvalue weighted by atomic mass is 16.6. The highest BCUT2D eigenvalue weighted by molar-refractivity contribution is 5.91. The monoisotopic (exact) mass is 626 g/mol. The van der Waals surface area contributed by atoms with E-state index in [2.05, 4.69) is 13.8 Å². The molecule has 8 heteroatoms. The molecular weight excluding hydrogens is 572 g/mol. The molecule has 0 radical (unpaired) electrons. The van der Waals surface area contributed by atoms with Crippen molar-refractivity contribution in [2.45, 2.75) is 122 Å². The van der Waals surface area contributed by atoms with E-state index in [0.29, 0.717) is 60.2 Å². The van der Waals surface area contributed by atoms with Gasteiger partial charge in [0.1, 0.15) is 12.2 Å². The van der Waals surface area contributed by atoms with E-state index in [0.717, 1.165) is 32.1 Å². The van der Waals surface area contributed by atoms with E-state index in [1.807, 2.05) is 0 Å². The van der Waals surface area contributed by atoms with Crippen molar-refractivity contribution in [3.8, 4) is 23.0 Å². The van der Waals surface area contributed by atoms with Gasteiger partial charge in [-0.25, -0.2) is 9.59 Å². The van der Waals surface area contributed by atoms with Gasteiger partial charge in [0.05, 0.1) is 38.6 Å². The maximum atomic E-state index is 13.1. The van der Waals surface area contributed by atoms with Crippen molar-refractivity contribution in [3.63, 3.8) is 0 Å². The minimum atomic E-state index is -0.530. The van der Waals surface area contributed by atoms with Crippen LogP contribution in [-0.2, 0) is 9.47 Å². The van der Waals surface area contributed by atoms with Crippen LogP contribution in [0.4, 0.5) is 0 Å². The number of carbonyl (C=O) groups is 2. The molecular formula is C37H54O8. The molecule has 1 aliphatic rings. The van der Waals surface area contributed by atoms with Crippen LogP contribution in [0.25, 0.3) is 0 Å². The maximum Gasteiger partial charge on any atom is 0.338 e. The van der Waals surface area contributed by atoms with E-state index in [1.165, 1.54) is 51.4 Å². The Balaban J connectivity index is 1.50. The number of methoxy groups -OCH3 is 2. The second-order valence-corrected chi connectivity index (χ2v) is 11.8. The summed E-state index contributed by atoms with van der Waals surface area (Å²) in [5.41, 5.74) is 0.717. The van der Waals surface area contributed by atoms with Crippen molar-refractivity contribution in [2.75, 3.05) is 27.4 Å². The van der Waals surface area contributed by atoms with Gasteiger partial charge in [0.15, 0.2) is 23.0 Å². The molecule has 45 heavy (non-hydrogen) atoms. The van der Waals surface area contributed by atoms with Gasteiger partial charge in [-0.15, -0.1) is 0 Å². The zero-order valence-corrected chi connectivity index (χ0v) is 27.9. The molecule has 2 aromatic rings. The number of esters is 2. The van der Waals surface area contributed by atoms with E-state index >= 15 is 0 Å². The van der Waals surface area contributed by atoms with E-state index in [9.17, 15) is 9.59 Å². The van der Waals surface area contributed by atoms with Crippen LogP contribution >= 0.6 is 0 Å². The molecule has 2 unspecified atom stereocenters. The lowest BCUT2D eigenvalue weighted by Crippen LogP contribution is -2.30. The Hall–Kier alpha value is -3.42. The normalized spacial score (nSPS) is 15.8. The van der Waals surface area contributed by atoms with Crippen molar-refractivity contribution in [3.05, 3.63) is 47.5 Å². The van der Waals surface area contributed by atoms with E-state index in [4.69, 9.17) is 28.4 Å². The molecule has 2 aromatic carbocycles. The van der Waals surface area contributed by atoms with Crippen LogP contribution in [0.2, 0.25) is 0 Å². The molecule has 1 aliphatic carbocycles. The fourth-order valence-electron chi connectivity index (χ4n) is 5.53. The Bertz CT molecular complexity index is 1070. The molecule has 0 amide bonds. The highest BCUT2D eigenvalue weighted by Crippen LogP contribution is 2.32. The molecule has 0 N–H and O–H groups in total. The van der Waals surface area contributed by atoms with Gasteiger partial charge in [0.2, 0.25) is 0 Å². The molecule has 250 valence electrons. The van der Waals surface area contributed by atoms with Gasteiger partial charge in [-0.2, -0.15) is 0 Å². The lowest BCUT2D eigenvalue weighted by atomic mass is 10.1. The maximum absolute atomic E-state index is 13.1. The van der Waals surface area contributed by atoms with Gasteiger partial charge >= 0.3 is 11.9 Å². The van der Waals surface area contributed by atoms with Crippen molar-refractivity contribution in [1.29, 1.82) is 0 Å². The summed E-state index contributed by atoms with van der Waals surface area (Å²) in [4.78, 5) is 26.1. The molecule has 0 saturated heterocycles. The lowest BCUT2D eigenvalue weighted by molar-refractivity contribution is -0.0239. The first-order valence-electron chi connectivity index (χ1n) is 17.0. The molecule has 3 rings (SSSR count). The van der Waals surface area contributed by atoms with Crippen molar-refractivity contribution >= 4 is 11.9 Å². The lowest BCUT2D eigenvalue weighted by Gasteiger charge is -2.21. The SMILES string of the molecule is CCCCCCCCOc1ccc(C(=O)OC2CCCC2OC(=O)c2ccc(OCCCCCCCC)c(OC)c2)cc1OC. The first-order chi connectivity index (χ1) is 22.0. The average Bonchev–Trinajstić information content (AvgIpc) is 3.49. The predicted octanol–water partition coefficient (Wildman–Crippen LogP) is 9.12. The fourth-order valence-corrected chi connectivity index (χ4v) is 5.53. The number of hydrogen-bond donors (Lipinski definition) is 0. The van der Waals surface area contributed by atoms with Gasteiger partial charge in [0, 0.05) is 0 Å². The number of carbonyl (C=O) groups excluding carboxylic acids is 2. The molecule has 0 aliphatic heterocycles. The Morgan fingerprint density at radius 2 is 0.978 bits per heavy atom. The smallest absolute Gasteiger partial charge is 0.338 e. The zero-order valence-electron chi connectivity index (χ0n) is 27.9. The summed E-state index contributed by atoms with van der Waals surface area (Å²) in [6.45, 7) is 5.62. The third-order valence-corrected chi connectivity index (χ3v) is 8.22. The van der Waals surface area contributed by atoms with Gasteiger partial charge in [-0.1, -0.05) is 78.1 Å².